The average Bonchev–Trinajstić information content (AvgIpc) is 3.15. The van der Waals surface area contributed by atoms with Gasteiger partial charge in [0.25, 0.3) is 0 Å². The molecule has 0 spiro atoms. The molecule has 24 heavy (non-hydrogen) atoms. The number of aromatic nitrogens is 5. The molecule has 0 saturated heterocycles. The average molecular weight is 378 g/mol. The van der Waals surface area contributed by atoms with Gasteiger partial charge < -0.3 is 4.74 Å². The van der Waals surface area contributed by atoms with E-state index in [1.54, 1.807) is 23.8 Å². The maximum absolute atomic E-state index is 6.16. The second-order valence-corrected chi connectivity index (χ2v) is 6.53. The molecule has 0 atom stereocenters. The second kappa shape index (κ2) is 6.01. The molecule has 0 aliphatic heterocycles. The van der Waals surface area contributed by atoms with Crippen LogP contribution in [0.5, 0.6) is 5.75 Å². The summed E-state index contributed by atoms with van der Waals surface area (Å²) < 4.78 is 6.86. The van der Waals surface area contributed by atoms with Crippen molar-refractivity contribution in [3.05, 3.63) is 46.7 Å². The molecular weight excluding hydrogens is 369 g/mol. The first-order valence-corrected chi connectivity index (χ1v) is 8.42. The maximum Gasteiger partial charge on any atom is 0.235 e. The Hall–Kier alpha value is -2.22. The molecule has 0 saturated carbocycles. The number of fused-ring (bicyclic) bond motifs is 1. The van der Waals surface area contributed by atoms with E-state index in [0.717, 1.165) is 11.3 Å². The number of rotatable bonds is 3. The van der Waals surface area contributed by atoms with Gasteiger partial charge in [-0.3, -0.25) is 0 Å². The molecule has 0 radical (unpaired) electrons. The fourth-order valence-electron chi connectivity index (χ4n) is 2.22. The molecular formula is C15H9Cl2N5OS. The van der Waals surface area contributed by atoms with Crippen molar-refractivity contribution >= 4 is 39.5 Å². The van der Waals surface area contributed by atoms with Gasteiger partial charge in [-0.2, -0.15) is 9.61 Å². The predicted molar refractivity (Wildman–Crippen MR) is 93.9 cm³/mol. The van der Waals surface area contributed by atoms with Gasteiger partial charge in [0.15, 0.2) is 10.8 Å². The first-order valence-electron chi connectivity index (χ1n) is 6.85. The quantitative estimate of drug-likeness (QED) is 0.499. The zero-order valence-corrected chi connectivity index (χ0v) is 14.6. The SMILES string of the molecule is COc1ccc(-c2nnc3sc(-c4ccc(Cl)nc4Cl)nn23)cc1. The summed E-state index contributed by atoms with van der Waals surface area (Å²) in [6.45, 7) is 0. The molecule has 4 rings (SSSR count). The molecule has 0 N–H and O–H groups in total. The number of hydrogen-bond acceptors (Lipinski definition) is 6. The highest BCUT2D eigenvalue weighted by molar-refractivity contribution is 7.19. The number of halogens is 2. The Morgan fingerprint density at radius 2 is 1.83 bits per heavy atom. The van der Waals surface area contributed by atoms with Crippen molar-refractivity contribution < 1.29 is 4.74 Å². The fraction of sp³-hybridized carbons (Fsp3) is 0.0667. The first kappa shape index (κ1) is 15.3. The highest BCUT2D eigenvalue weighted by atomic mass is 35.5. The van der Waals surface area contributed by atoms with E-state index < -0.39 is 0 Å². The summed E-state index contributed by atoms with van der Waals surface area (Å²) in [5.41, 5.74) is 1.60. The Bertz CT molecular complexity index is 1030. The molecule has 0 amide bonds. The van der Waals surface area contributed by atoms with Crippen LogP contribution in [-0.2, 0) is 0 Å². The van der Waals surface area contributed by atoms with Gasteiger partial charge in [0.1, 0.15) is 16.1 Å². The lowest BCUT2D eigenvalue weighted by Crippen LogP contribution is -1.92. The third-order valence-electron chi connectivity index (χ3n) is 3.38. The largest absolute Gasteiger partial charge is 0.497 e. The maximum atomic E-state index is 6.16. The van der Waals surface area contributed by atoms with Crippen molar-refractivity contribution in [1.29, 1.82) is 0 Å². The van der Waals surface area contributed by atoms with Crippen LogP contribution in [0.4, 0.5) is 0 Å². The van der Waals surface area contributed by atoms with Crippen molar-refractivity contribution in [3.8, 4) is 27.7 Å². The Labute approximate surface area is 150 Å². The number of benzene rings is 1. The standard InChI is InChI=1S/C15H9Cl2N5OS/c1-23-9-4-2-8(3-5-9)13-19-20-15-22(13)21-14(24-15)10-6-7-11(16)18-12(10)17/h2-7H,1H3. The van der Waals surface area contributed by atoms with E-state index in [-0.39, 0.29) is 0 Å². The highest BCUT2D eigenvalue weighted by Crippen LogP contribution is 2.32. The Morgan fingerprint density at radius 1 is 1.04 bits per heavy atom. The van der Waals surface area contributed by atoms with Crippen molar-refractivity contribution in [2.24, 2.45) is 0 Å². The van der Waals surface area contributed by atoms with Gasteiger partial charge in [-0.05, 0) is 36.4 Å². The third-order valence-corrected chi connectivity index (χ3v) is 4.81. The summed E-state index contributed by atoms with van der Waals surface area (Å²) in [7, 11) is 1.63. The summed E-state index contributed by atoms with van der Waals surface area (Å²) in [6, 6.07) is 11.0. The number of ether oxygens (including phenoxy) is 1. The fourth-order valence-corrected chi connectivity index (χ4v) is 3.57. The monoisotopic (exact) mass is 377 g/mol. The van der Waals surface area contributed by atoms with Crippen molar-refractivity contribution in [2.45, 2.75) is 0 Å². The molecule has 0 aliphatic carbocycles. The van der Waals surface area contributed by atoms with Gasteiger partial charge >= 0.3 is 0 Å². The summed E-state index contributed by atoms with van der Waals surface area (Å²) in [5, 5.41) is 14.3. The van der Waals surface area contributed by atoms with Crippen molar-refractivity contribution in [2.75, 3.05) is 7.11 Å². The van der Waals surface area contributed by atoms with Crippen LogP contribution in [-0.4, -0.2) is 31.9 Å². The topological polar surface area (TPSA) is 65.2 Å². The minimum Gasteiger partial charge on any atom is -0.497 e. The van der Waals surface area contributed by atoms with Gasteiger partial charge in [-0.15, -0.1) is 10.2 Å². The molecule has 0 bridgehead atoms. The van der Waals surface area contributed by atoms with E-state index in [4.69, 9.17) is 27.9 Å². The normalized spacial score (nSPS) is 11.1. The first-order chi connectivity index (χ1) is 11.7. The Morgan fingerprint density at radius 3 is 2.54 bits per heavy atom. The Kier molecular flexibility index (Phi) is 3.84. The van der Waals surface area contributed by atoms with E-state index in [9.17, 15) is 0 Å². The smallest absolute Gasteiger partial charge is 0.235 e. The number of hydrogen-bond donors (Lipinski definition) is 0. The third kappa shape index (κ3) is 2.60. The van der Waals surface area contributed by atoms with Crippen LogP contribution >= 0.6 is 34.5 Å². The number of pyridine rings is 1. The van der Waals surface area contributed by atoms with Crippen LogP contribution in [0.2, 0.25) is 10.3 Å². The van der Waals surface area contributed by atoms with Gasteiger partial charge in [0, 0.05) is 11.1 Å². The summed E-state index contributed by atoms with van der Waals surface area (Å²) in [5.74, 6) is 1.42. The van der Waals surface area contributed by atoms with Crippen LogP contribution in [0.25, 0.3) is 26.9 Å². The van der Waals surface area contributed by atoms with Crippen LogP contribution in [0.15, 0.2) is 36.4 Å². The lowest BCUT2D eigenvalue weighted by atomic mass is 10.2. The van der Waals surface area contributed by atoms with Gasteiger partial charge in [-0.25, -0.2) is 4.98 Å². The summed E-state index contributed by atoms with van der Waals surface area (Å²) >= 11 is 13.4. The molecule has 1 aromatic carbocycles. The van der Waals surface area contributed by atoms with Crippen LogP contribution in [0, 0.1) is 0 Å². The van der Waals surface area contributed by atoms with E-state index >= 15 is 0 Å². The summed E-state index contributed by atoms with van der Waals surface area (Å²) in [4.78, 5) is 4.71. The van der Waals surface area contributed by atoms with Gasteiger partial charge in [0.2, 0.25) is 4.96 Å². The van der Waals surface area contributed by atoms with Gasteiger partial charge in [0.05, 0.1) is 7.11 Å². The molecule has 0 fully saturated rings. The molecule has 120 valence electrons. The molecule has 0 unspecified atom stereocenters. The lowest BCUT2D eigenvalue weighted by molar-refractivity contribution is 0.415. The molecule has 3 aromatic heterocycles. The predicted octanol–water partition coefficient (Wildman–Crippen LogP) is 4.23. The molecule has 3 heterocycles. The van der Waals surface area contributed by atoms with Gasteiger partial charge in [-0.1, -0.05) is 34.5 Å². The summed E-state index contributed by atoms with van der Waals surface area (Å²) in [6.07, 6.45) is 0. The molecule has 9 heteroatoms. The number of nitrogens with zero attached hydrogens (tertiary/aromatic N) is 5. The molecule has 6 nitrogen and oxygen atoms in total. The molecule has 4 aromatic rings. The van der Waals surface area contributed by atoms with E-state index in [0.29, 0.717) is 31.7 Å². The molecule has 0 aliphatic rings. The highest BCUT2D eigenvalue weighted by Gasteiger charge is 2.16. The van der Waals surface area contributed by atoms with E-state index in [1.165, 1.54) is 11.3 Å². The van der Waals surface area contributed by atoms with Crippen LogP contribution in [0.1, 0.15) is 0 Å². The minimum absolute atomic E-state index is 0.304. The van der Waals surface area contributed by atoms with Crippen LogP contribution < -0.4 is 4.74 Å². The van der Waals surface area contributed by atoms with Crippen molar-refractivity contribution in [3.63, 3.8) is 0 Å². The Balaban J connectivity index is 1.80. The van der Waals surface area contributed by atoms with Crippen molar-refractivity contribution in [1.82, 2.24) is 24.8 Å². The minimum atomic E-state index is 0.304. The zero-order chi connectivity index (χ0) is 16.7. The lowest BCUT2D eigenvalue weighted by Gasteiger charge is -2.01. The van der Waals surface area contributed by atoms with E-state index in [1.807, 2.05) is 24.3 Å². The van der Waals surface area contributed by atoms with E-state index in [2.05, 4.69) is 20.3 Å². The number of methoxy groups -OCH3 is 1. The van der Waals surface area contributed by atoms with Crippen LogP contribution in [0.3, 0.4) is 0 Å². The second-order valence-electron chi connectivity index (χ2n) is 4.83. The zero-order valence-electron chi connectivity index (χ0n) is 12.3.